The Labute approximate surface area is 98.9 Å². The molecule has 2 aliphatic carbocycles. The lowest BCUT2D eigenvalue weighted by molar-refractivity contribution is 0.0562. The van der Waals surface area contributed by atoms with Gasteiger partial charge in [0.2, 0.25) is 0 Å². The van der Waals surface area contributed by atoms with E-state index in [2.05, 4.69) is 5.32 Å². The molecule has 0 amide bonds. The Hall–Kier alpha value is -0.120. The zero-order valence-corrected chi connectivity index (χ0v) is 10.4. The Morgan fingerprint density at radius 1 is 1.19 bits per heavy atom. The van der Waals surface area contributed by atoms with Gasteiger partial charge in [0, 0.05) is 19.7 Å². The van der Waals surface area contributed by atoms with Crippen LogP contribution >= 0.6 is 0 Å². The summed E-state index contributed by atoms with van der Waals surface area (Å²) in [5.41, 5.74) is 0. The van der Waals surface area contributed by atoms with Gasteiger partial charge in [0.25, 0.3) is 0 Å². The SMILES string of the molecule is COCC(NCCOC1CCCC1)C1CC1. The molecule has 2 rings (SSSR count). The highest BCUT2D eigenvalue weighted by atomic mass is 16.5. The van der Waals surface area contributed by atoms with Crippen molar-refractivity contribution in [3.63, 3.8) is 0 Å². The van der Waals surface area contributed by atoms with Gasteiger partial charge in [-0.15, -0.1) is 0 Å². The highest BCUT2D eigenvalue weighted by Crippen LogP contribution is 2.32. The number of hydrogen-bond donors (Lipinski definition) is 1. The summed E-state index contributed by atoms with van der Waals surface area (Å²) < 4.78 is 11.1. The molecule has 0 heterocycles. The van der Waals surface area contributed by atoms with Crippen LogP contribution in [0.5, 0.6) is 0 Å². The summed E-state index contributed by atoms with van der Waals surface area (Å²) in [6.45, 7) is 2.67. The molecule has 0 radical (unpaired) electrons. The van der Waals surface area contributed by atoms with Crippen LogP contribution in [0.3, 0.4) is 0 Å². The minimum Gasteiger partial charge on any atom is -0.383 e. The average molecular weight is 227 g/mol. The molecule has 0 aromatic heterocycles. The molecule has 1 unspecified atom stereocenters. The summed E-state index contributed by atoms with van der Waals surface area (Å²) in [4.78, 5) is 0. The topological polar surface area (TPSA) is 30.5 Å². The van der Waals surface area contributed by atoms with E-state index >= 15 is 0 Å². The molecule has 0 aromatic carbocycles. The Morgan fingerprint density at radius 2 is 1.94 bits per heavy atom. The van der Waals surface area contributed by atoms with Crippen molar-refractivity contribution >= 4 is 0 Å². The van der Waals surface area contributed by atoms with Crippen LogP contribution in [0.2, 0.25) is 0 Å². The van der Waals surface area contributed by atoms with E-state index in [1.165, 1.54) is 38.5 Å². The first-order valence-electron chi connectivity index (χ1n) is 6.74. The first kappa shape index (κ1) is 12.3. The van der Waals surface area contributed by atoms with Crippen LogP contribution in [0.15, 0.2) is 0 Å². The standard InChI is InChI=1S/C13H25NO2/c1-15-10-13(11-6-7-11)14-8-9-16-12-4-2-3-5-12/h11-14H,2-10H2,1H3. The zero-order valence-electron chi connectivity index (χ0n) is 10.4. The van der Waals surface area contributed by atoms with Crippen molar-refractivity contribution in [2.45, 2.75) is 50.7 Å². The minimum atomic E-state index is 0.545. The van der Waals surface area contributed by atoms with Crippen LogP contribution in [-0.4, -0.2) is 39.0 Å². The molecule has 0 aromatic rings. The van der Waals surface area contributed by atoms with Crippen LogP contribution < -0.4 is 5.32 Å². The number of ether oxygens (including phenoxy) is 2. The molecular formula is C13H25NO2. The maximum Gasteiger partial charge on any atom is 0.0618 e. The molecular weight excluding hydrogens is 202 g/mol. The number of rotatable bonds is 8. The molecule has 16 heavy (non-hydrogen) atoms. The molecule has 3 heteroatoms. The number of hydrogen-bond acceptors (Lipinski definition) is 3. The summed E-state index contributed by atoms with van der Waals surface area (Å²) in [7, 11) is 1.78. The number of nitrogens with one attached hydrogen (secondary N) is 1. The summed E-state index contributed by atoms with van der Waals surface area (Å²) >= 11 is 0. The molecule has 2 fully saturated rings. The molecule has 0 spiro atoms. The molecule has 0 saturated heterocycles. The van der Waals surface area contributed by atoms with E-state index in [1.54, 1.807) is 7.11 Å². The fraction of sp³-hybridized carbons (Fsp3) is 1.00. The predicted octanol–water partition coefficient (Wildman–Crippen LogP) is 1.96. The van der Waals surface area contributed by atoms with Gasteiger partial charge in [-0.3, -0.25) is 0 Å². The molecule has 3 nitrogen and oxygen atoms in total. The fourth-order valence-corrected chi connectivity index (χ4v) is 2.56. The van der Waals surface area contributed by atoms with Gasteiger partial charge in [-0.2, -0.15) is 0 Å². The average Bonchev–Trinajstić information content (AvgIpc) is 3.01. The monoisotopic (exact) mass is 227 g/mol. The normalized spacial score (nSPS) is 23.8. The van der Waals surface area contributed by atoms with Gasteiger partial charge in [-0.1, -0.05) is 12.8 Å². The highest BCUT2D eigenvalue weighted by Gasteiger charge is 2.30. The van der Waals surface area contributed by atoms with E-state index < -0.39 is 0 Å². The minimum absolute atomic E-state index is 0.545. The van der Waals surface area contributed by atoms with E-state index in [4.69, 9.17) is 9.47 Å². The van der Waals surface area contributed by atoms with Gasteiger partial charge in [-0.25, -0.2) is 0 Å². The predicted molar refractivity (Wildman–Crippen MR) is 64.6 cm³/mol. The van der Waals surface area contributed by atoms with E-state index in [0.29, 0.717) is 12.1 Å². The van der Waals surface area contributed by atoms with Crippen molar-refractivity contribution in [1.82, 2.24) is 5.32 Å². The van der Waals surface area contributed by atoms with Crippen LogP contribution in [0.1, 0.15) is 38.5 Å². The van der Waals surface area contributed by atoms with Gasteiger partial charge in [0.1, 0.15) is 0 Å². The lowest BCUT2D eigenvalue weighted by Gasteiger charge is -2.18. The summed E-state index contributed by atoms with van der Waals surface area (Å²) in [6, 6.07) is 0.553. The van der Waals surface area contributed by atoms with Crippen LogP contribution in [0.25, 0.3) is 0 Å². The van der Waals surface area contributed by atoms with Crippen molar-refractivity contribution in [1.29, 1.82) is 0 Å². The van der Waals surface area contributed by atoms with Gasteiger partial charge in [0.05, 0.1) is 19.3 Å². The third-order valence-corrected chi connectivity index (χ3v) is 3.70. The number of methoxy groups -OCH3 is 1. The highest BCUT2D eigenvalue weighted by molar-refractivity contribution is 4.86. The Bertz CT molecular complexity index is 188. The molecule has 2 aliphatic rings. The van der Waals surface area contributed by atoms with Crippen molar-refractivity contribution in [2.75, 3.05) is 26.9 Å². The fourth-order valence-electron chi connectivity index (χ4n) is 2.56. The second-order valence-electron chi connectivity index (χ2n) is 5.13. The third-order valence-electron chi connectivity index (χ3n) is 3.70. The van der Waals surface area contributed by atoms with E-state index in [-0.39, 0.29) is 0 Å². The van der Waals surface area contributed by atoms with E-state index in [1.807, 2.05) is 0 Å². The quantitative estimate of drug-likeness (QED) is 0.643. The van der Waals surface area contributed by atoms with Crippen LogP contribution in [-0.2, 0) is 9.47 Å². The molecule has 94 valence electrons. The van der Waals surface area contributed by atoms with E-state index in [9.17, 15) is 0 Å². The zero-order chi connectivity index (χ0) is 11.2. The first-order chi connectivity index (χ1) is 7.90. The first-order valence-corrected chi connectivity index (χ1v) is 6.74. The van der Waals surface area contributed by atoms with Crippen LogP contribution in [0, 0.1) is 5.92 Å². The maximum atomic E-state index is 5.83. The summed E-state index contributed by atoms with van der Waals surface area (Å²) in [5, 5.41) is 3.56. The summed E-state index contributed by atoms with van der Waals surface area (Å²) in [5.74, 6) is 0.853. The van der Waals surface area contributed by atoms with E-state index in [0.717, 1.165) is 25.7 Å². The van der Waals surface area contributed by atoms with Crippen molar-refractivity contribution in [3.8, 4) is 0 Å². The van der Waals surface area contributed by atoms with Gasteiger partial charge in [0.15, 0.2) is 0 Å². The molecule has 2 saturated carbocycles. The van der Waals surface area contributed by atoms with Gasteiger partial charge >= 0.3 is 0 Å². The van der Waals surface area contributed by atoms with Gasteiger partial charge < -0.3 is 14.8 Å². The molecule has 1 N–H and O–H groups in total. The Kier molecular flexibility index (Phi) is 5.07. The molecule has 0 aliphatic heterocycles. The molecule has 1 atom stereocenters. The Morgan fingerprint density at radius 3 is 2.56 bits per heavy atom. The van der Waals surface area contributed by atoms with Gasteiger partial charge in [-0.05, 0) is 31.6 Å². The maximum absolute atomic E-state index is 5.83. The Balaban J connectivity index is 1.51. The van der Waals surface area contributed by atoms with Crippen LogP contribution in [0.4, 0.5) is 0 Å². The smallest absolute Gasteiger partial charge is 0.0618 e. The second-order valence-corrected chi connectivity index (χ2v) is 5.13. The largest absolute Gasteiger partial charge is 0.383 e. The third kappa shape index (κ3) is 4.04. The lowest BCUT2D eigenvalue weighted by Crippen LogP contribution is -2.37. The van der Waals surface area contributed by atoms with Crippen molar-refractivity contribution < 1.29 is 9.47 Å². The molecule has 0 bridgehead atoms. The van der Waals surface area contributed by atoms with Crippen molar-refractivity contribution in [2.24, 2.45) is 5.92 Å². The summed E-state index contributed by atoms with van der Waals surface area (Å²) in [6.07, 6.45) is 8.52. The lowest BCUT2D eigenvalue weighted by atomic mass is 10.2. The van der Waals surface area contributed by atoms with Crippen molar-refractivity contribution in [3.05, 3.63) is 0 Å². The second kappa shape index (κ2) is 6.58.